The molecule has 0 spiro atoms. The summed E-state index contributed by atoms with van der Waals surface area (Å²) in [5.41, 5.74) is 4.62. The molecule has 3 N–H and O–H groups in total. The summed E-state index contributed by atoms with van der Waals surface area (Å²) in [5.74, 6) is 0.148. The summed E-state index contributed by atoms with van der Waals surface area (Å²) in [6.07, 6.45) is -4.34. The number of hydrogen-bond donors (Lipinski definition) is 2. The first-order valence-corrected chi connectivity index (χ1v) is 10.4. The van der Waals surface area contributed by atoms with Crippen molar-refractivity contribution in [2.45, 2.75) is 44.6 Å². The topological polar surface area (TPSA) is 107 Å². The third kappa shape index (κ3) is 3.43. The fourth-order valence-corrected chi connectivity index (χ4v) is 5.56. The molecule has 164 valence electrons. The van der Waals surface area contributed by atoms with Gasteiger partial charge in [-0.05, 0) is 33.3 Å². The largest absolute Gasteiger partial charge is 0.586 e. The van der Waals surface area contributed by atoms with Crippen molar-refractivity contribution in [3.63, 3.8) is 0 Å². The van der Waals surface area contributed by atoms with Crippen molar-refractivity contribution >= 4 is 28.7 Å². The quantitative estimate of drug-likeness (QED) is 0.638. The highest BCUT2D eigenvalue weighted by molar-refractivity contribution is 8.13. The van der Waals surface area contributed by atoms with Crippen LogP contribution in [-0.4, -0.2) is 52.1 Å². The number of thioether (sulfide) groups is 1. The summed E-state index contributed by atoms with van der Waals surface area (Å²) in [7, 11) is 0. The molecule has 4 rings (SSSR count). The van der Waals surface area contributed by atoms with Crippen LogP contribution in [0.4, 0.5) is 19.3 Å². The highest BCUT2D eigenvalue weighted by Gasteiger charge is 2.53. The molecule has 3 heterocycles. The number of nitrogen functional groups attached to an aromatic ring is 1. The van der Waals surface area contributed by atoms with Gasteiger partial charge >= 0.3 is 12.4 Å². The number of fused-ring (bicyclic) bond motifs is 2. The maximum Gasteiger partial charge on any atom is 0.586 e. The summed E-state index contributed by atoms with van der Waals surface area (Å²) in [6, 6.07) is 2.81. The number of hydrogen-bond acceptors (Lipinski definition) is 7. The Labute approximate surface area is 176 Å². The maximum absolute atomic E-state index is 13.9. The zero-order valence-corrected chi connectivity index (χ0v) is 17.6. The number of amidine groups is 1. The molecule has 30 heavy (non-hydrogen) atoms. The molecule has 2 atom stereocenters. The number of nitrogens with two attached hydrogens (primary N) is 1. The van der Waals surface area contributed by atoms with Gasteiger partial charge in [0.1, 0.15) is 5.54 Å². The average Bonchev–Trinajstić information content (AvgIpc) is 2.92. The number of benzene rings is 1. The van der Waals surface area contributed by atoms with Crippen LogP contribution in [0.5, 0.6) is 11.5 Å². The maximum atomic E-state index is 13.9. The molecular weight excluding hydrogens is 420 g/mol. The third-order valence-corrected chi connectivity index (χ3v) is 6.46. The highest BCUT2D eigenvalue weighted by Crippen LogP contribution is 2.54. The van der Waals surface area contributed by atoms with Crippen molar-refractivity contribution in [2.75, 3.05) is 24.7 Å². The van der Waals surface area contributed by atoms with Gasteiger partial charge in [-0.1, -0.05) is 11.8 Å². The van der Waals surface area contributed by atoms with Crippen LogP contribution in [0.3, 0.4) is 0 Å². The predicted octanol–water partition coefficient (Wildman–Crippen LogP) is 3.70. The Morgan fingerprint density at radius 2 is 2.10 bits per heavy atom. The second-order valence-corrected chi connectivity index (χ2v) is 9.51. The summed E-state index contributed by atoms with van der Waals surface area (Å²) in [6.45, 7) is 5.87. The van der Waals surface area contributed by atoms with E-state index in [1.165, 1.54) is 28.8 Å². The smallest absolute Gasteiger partial charge is 0.465 e. The van der Waals surface area contributed by atoms with Crippen molar-refractivity contribution in [1.29, 1.82) is 0 Å². The zero-order chi connectivity index (χ0) is 21.9. The molecule has 8 nitrogen and oxygen atoms in total. The molecule has 2 unspecified atom stereocenters. The lowest BCUT2D eigenvalue weighted by Gasteiger charge is -2.46. The van der Waals surface area contributed by atoms with E-state index in [-0.39, 0.29) is 34.9 Å². The van der Waals surface area contributed by atoms with Crippen LogP contribution >= 0.6 is 11.8 Å². The van der Waals surface area contributed by atoms with Crippen LogP contribution in [0.1, 0.15) is 32.8 Å². The molecule has 1 saturated heterocycles. The monoisotopic (exact) mass is 443 g/mol. The number of amides is 1. The lowest BCUT2D eigenvalue weighted by molar-refractivity contribution is -0.287. The van der Waals surface area contributed by atoms with E-state index in [0.717, 1.165) is 0 Å². The number of rotatable bonds is 1. The lowest BCUT2D eigenvalue weighted by Crippen LogP contribution is -2.53. The molecular formula is C19H23F2N3O5S. The highest BCUT2D eigenvalue weighted by atomic mass is 32.2. The molecule has 11 heteroatoms. The van der Waals surface area contributed by atoms with Gasteiger partial charge in [-0.3, -0.25) is 4.90 Å². The van der Waals surface area contributed by atoms with E-state index in [0.29, 0.717) is 24.3 Å². The van der Waals surface area contributed by atoms with Crippen molar-refractivity contribution in [1.82, 2.24) is 4.90 Å². The summed E-state index contributed by atoms with van der Waals surface area (Å²) in [4.78, 5) is 18.0. The van der Waals surface area contributed by atoms with E-state index in [2.05, 4.69) is 4.74 Å². The van der Waals surface area contributed by atoms with Gasteiger partial charge in [0, 0.05) is 41.1 Å². The molecule has 1 aromatic carbocycles. The minimum atomic E-state index is -3.82. The van der Waals surface area contributed by atoms with Gasteiger partial charge in [-0.15, -0.1) is 8.78 Å². The number of nitrogens with zero attached hydrogens (tertiary/aromatic N) is 2. The van der Waals surface area contributed by atoms with Crippen molar-refractivity contribution in [3.8, 4) is 11.5 Å². The van der Waals surface area contributed by atoms with Crippen molar-refractivity contribution < 1.29 is 32.9 Å². The van der Waals surface area contributed by atoms with Gasteiger partial charge in [0.05, 0.1) is 6.61 Å². The van der Waals surface area contributed by atoms with Gasteiger partial charge in [0.15, 0.2) is 16.7 Å². The number of carbonyl (C=O) groups is 1. The molecule has 3 aliphatic rings. The van der Waals surface area contributed by atoms with E-state index in [9.17, 15) is 18.7 Å². The van der Waals surface area contributed by atoms with Crippen LogP contribution in [0.2, 0.25) is 0 Å². The van der Waals surface area contributed by atoms with Gasteiger partial charge in [0.25, 0.3) is 0 Å². The normalized spacial score (nSPS) is 27.2. The molecule has 1 amide bonds. The Kier molecular flexibility index (Phi) is 4.81. The van der Waals surface area contributed by atoms with E-state index in [1.807, 2.05) is 0 Å². The minimum Gasteiger partial charge on any atom is -0.465 e. The molecule has 0 aromatic heterocycles. The van der Waals surface area contributed by atoms with Gasteiger partial charge in [0.2, 0.25) is 0 Å². The average molecular weight is 443 g/mol. The first-order valence-electron chi connectivity index (χ1n) is 9.46. The Morgan fingerprint density at radius 3 is 2.77 bits per heavy atom. The molecule has 0 saturated carbocycles. The Hall–Kier alpha value is -2.27. The number of carboxylic acid groups (broad SMARTS) is 1. The van der Waals surface area contributed by atoms with Crippen molar-refractivity contribution in [3.05, 3.63) is 17.7 Å². The molecule has 1 aromatic rings. The summed E-state index contributed by atoms with van der Waals surface area (Å²) < 4.78 is 42.9. The number of ether oxygens (including phenoxy) is 3. The first-order chi connectivity index (χ1) is 13.9. The Bertz CT molecular complexity index is 920. The molecule has 3 aliphatic heterocycles. The van der Waals surface area contributed by atoms with Crippen LogP contribution < -0.4 is 15.2 Å². The van der Waals surface area contributed by atoms with Crippen LogP contribution in [-0.2, 0) is 10.3 Å². The van der Waals surface area contributed by atoms with Crippen LogP contribution in [0, 0.1) is 5.92 Å². The van der Waals surface area contributed by atoms with Gasteiger partial charge in [-0.2, -0.15) is 0 Å². The van der Waals surface area contributed by atoms with Crippen LogP contribution in [0.15, 0.2) is 17.1 Å². The summed E-state index contributed by atoms with van der Waals surface area (Å²) in [5, 5.41) is 10.1. The Morgan fingerprint density at radius 1 is 1.37 bits per heavy atom. The molecule has 0 radical (unpaired) electrons. The molecule has 1 fully saturated rings. The van der Waals surface area contributed by atoms with E-state index in [1.54, 1.807) is 20.8 Å². The predicted molar refractivity (Wildman–Crippen MR) is 107 cm³/mol. The number of alkyl halides is 2. The minimum absolute atomic E-state index is 0.0839. The van der Waals surface area contributed by atoms with Crippen molar-refractivity contribution in [2.24, 2.45) is 10.9 Å². The fourth-order valence-electron chi connectivity index (χ4n) is 4.05. The Balaban J connectivity index is 1.91. The van der Waals surface area contributed by atoms with Crippen LogP contribution in [0.25, 0.3) is 0 Å². The fraction of sp³-hybridized carbons (Fsp3) is 0.579. The number of aliphatic imine (C=N–C) groups is 1. The van der Waals surface area contributed by atoms with Gasteiger partial charge in [-0.25, -0.2) is 9.79 Å². The van der Waals surface area contributed by atoms with E-state index >= 15 is 0 Å². The standard InChI is InChI=1S/C19H23F2N3O5S/c1-17(2,3)24(16(25)26)15-23-18(9-27-5-4-10(18)8-30-15)12-6-11(22)7-13-14(12)29-19(20,21)28-13/h6-7,10H,4-5,8-9,22H2,1-3H3,(H,25,26). The van der Waals surface area contributed by atoms with E-state index < -0.39 is 23.5 Å². The zero-order valence-electron chi connectivity index (χ0n) is 16.8. The first kappa shape index (κ1) is 21.0. The lowest BCUT2D eigenvalue weighted by atomic mass is 9.76. The second kappa shape index (κ2) is 6.88. The van der Waals surface area contributed by atoms with E-state index in [4.69, 9.17) is 20.2 Å². The SMILES string of the molecule is CC(C)(C)N(C(=O)O)C1=NC2(c3cc(N)cc4c3OC(F)(F)O4)COCCC2CS1. The number of anilines is 1. The molecule has 0 bridgehead atoms. The second-order valence-electron chi connectivity index (χ2n) is 8.52. The van der Waals surface area contributed by atoms with Gasteiger partial charge < -0.3 is 25.1 Å². The third-order valence-electron chi connectivity index (χ3n) is 5.36. The summed E-state index contributed by atoms with van der Waals surface area (Å²) >= 11 is 1.33. The number of halogens is 2. The molecule has 0 aliphatic carbocycles.